The number of hydrogen-bond acceptors (Lipinski definition) is 3. The first-order valence-electron chi connectivity index (χ1n) is 6.73. The van der Waals surface area contributed by atoms with E-state index >= 15 is 0 Å². The molecule has 2 rings (SSSR count). The van der Waals surface area contributed by atoms with E-state index in [2.05, 4.69) is 55.1 Å². The minimum Gasteiger partial charge on any atom is -0.310 e. The second-order valence-corrected chi connectivity index (χ2v) is 4.82. The topological polar surface area (TPSA) is 37.8 Å². The normalized spacial score (nSPS) is 10.7. The Balaban J connectivity index is 2.39. The highest BCUT2D eigenvalue weighted by Crippen LogP contribution is 2.25. The van der Waals surface area contributed by atoms with Gasteiger partial charge in [0.15, 0.2) is 0 Å². The molecule has 0 spiro atoms. The zero-order chi connectivity index (χ0) is 13.8. The Morgan fingerprint density at radius 3 is 2.58 bits per heavy atom. The Kier molecular flexibility index (Phi) is 4.27. The molecule has 1 heterocycles. The summed E-state index contributed by atoms with van der Waals surface area (Å²) in [6.45, 7) is 10.2. The van der Waals surface area contributed by atoms with Crippen molar-refractivity contribution in [2.45, 2.75) is 34.2 Å². The van der Waals surface area contributed by atoms with E-state index in [9.17, 15) is 0 Å². The summed E-state index contributed by atoms with van der Waals surface area (Å²) >= 11 is 0. The van der Waals surface area contributed by atoms with Crippen molar-refractivity contribution in [3.63, 3.8) is 0 Å². The van der Waals surface area contributed by atoms with Crippen molar-refractivity contribution in [3.05, 3.63) is 46.9 Å². The summed E-state index contributed by atoms with van der Waals surface area (Å²) in [5.41, 5.74) is 6.16. The quantitative estimate of drug-likeness (QED) is 0.911. The molecular weight excluding hydrogens is 234 g/mol. The first-order chi connectivity index (χ1) is 9.13. The van der Waals surface area contributed by atoms with Crippen LogP contribution in [0, 0.1) is 20.8 Å². The Labute approximate surface area is 115 Å². The largest absolute Gasteiger partial charge is 0.310 e. The van der Waals surface area contributed by atoms with Gasteiger partial charge in [0.2, 0.25) is 0 Å². The minimum absolute atomic E-state index is 0.716. The van der Waals surface area contributed by atoms with Gasteiger partial charge in [-0.1, -0.05) is 19.1 Å². The molecule has 0 atom stereocenters. The fourth-order valence-corrected chi connectivity index (χ4v) is 2.10. The van der Waals surface area contributed by atoms with Gasteiger partial charge in [-0.2, -0.15) is 0 Å². The first kappa shape index (κ1) is 13.7. The van der Waals surface area contributed by atoms with Gasteiger partial charge in [-0.25, -0.2) is 9.97 Å². The minimum atomic E-state index is 0.716. The number of hydrogen-bond donors (Lipinski definition) is 1. The smallest absolute Gasteiger partial charge is 0.142 e. The molecule has 0 saturated heterocycles. The van der Waals surface area contributed by atoms with Gasteiger partial charge in [0.05, 0.1) is 12.2 Å². The Morgan fingerprint density at radius 2 is 1.84 bits per heavy atom. The third-order valence-electron chi connectivity index (χ3n) is 3.57. The molecule has 3 nitrogen and oxygen atoms in total. The highest BCUT2D eigenvalue weighted by atomic mass is 15.0. The predicted molar refractivity (Wildman–Crippen MR) is 79.1 cm³/mol. The molecule has 19 heavy (non-hydrogen) atoms. The van der Waals surface area contributed by atoms with Crippen LogP contribution in [0.15, 0.2) is 24.4 Å². The van der Waals surface area contributed by atoms with Crippen LogP contribution in [-0.2, 0) is 6.54 Å². The van der Waals surface area contributed by atoms with Crippen LogP contribution in [0.25, 0.3) is 11.3 Å². The van der Waals surface area contributed by atoms with Crippen molar-refractivity contribution in [1.29, 1.82) is 0 Å². The summed E-state index contributed by atoms with van der Waals surface area (Å²) in [6, 6.07) is 6.29. The average Bonchev–Trinajstić information content (AvgIpc) is 2.43. The summed E-state index contributed by atoms with van der Waals surface area (Å²) in [5.74, 6) is 0.844. The molecule has 3 heteroatoms. The van der Waals surface area contributed by atoms with Crippen molar-refractivity contribution >= 4 is 0 Å². The molecule has 0 bridgehead atoms. The molecule has 2 aromatic rings. The standard InChI is InChI=1S/C16H21N3/c1-5-17-10-16-18-9-8-15(19-16)14-7-6-11(2)12(3)13(14)4/h6-9,17H,5,10H2,1-4H3. The number of aromatic nitrogens is 2. The second-order valence-electron chi connectivity index (χ2n) is 4.82. The number of aryl methyl sites for hydroxylation is 1. The average molecular weight is 255 g/mol. The molecule has 1 N–H and O–H groups in total. The van der Waals surface area contributed by atoms with Crippen LogP contribution in [0.5, 0.6) is 0 Å². The second kappa shape index (κ2) is 5.93. The van der Waals surface area contributed by atoms with E-state index in [1.165, 1.54) is 22.3 Å². The van der Waals surface area contributed by atoms with Gasteiger partial charge in [-0.05, 0) is 50.1 Å². The maximum Gasteiger partial charge on any atom is 0.142 e. The van der Waals surface area contributed by atoms with E-state index in [4.69, 9.17) is 0 Å². The van der Waals surface area contributed by atoms with Crippen LogP contribution in [0.3, 0.4) is 0 Å². The third-order valence-corrected chi connectivity index (χ3v) is 3.57. The maximum atomic E-state index is 4.64. The Hall–Kier alpha value is -1.74. The van der Waals surface area contributed by atoms with E-state index in [0.717, 1.165) is 18.1 Å². The summed E-state index contributed by atoms with van der Waals surface area (Å²) < 4.78 is 0. The van der Waals surface area contributed by atoms with Gasteiger partial charge in [0.1, 0.15) is 5.82 Å². The van der Waals surface area contributed by atoms with E-state index < -0.39 is 0 Å². The van der Waals surface area contributed by atoms with Crippen LogP contribution in [-0.4, -0.2) is 16.5 Å². The number of nitrogens with one attached hydrogen (secondary N) is 1. The van der Waals surface area contributed by atoms with Gasteiger partial charge >= 0.3 is 0 Å². The number of nitrogens with zero attached hydrogens (tertiary/aromatic N) is 2. The number of rotatable bonds is 4. The molecule has 0 amide bonds. The molecule has 0 aliphatic carbocycles. The fourth-order valence-electron chi connectivity index (χ4n) is 2.10. The lowest BCUT2D eigenvalue weighted by Gasteiger charge is -2.11. The van der Waals surface area contributed by atoms with E-state index in [-0.39, 0.29) is 0 Å². The molecule has 1 aromatic carbocycles. The lowest BCUT2D eigenvalue weighted by molar-refractivity contribution is 0.691. The van der Waals surface area contributed by atoms with Crippen LogP contribution >= 0.6 is 0 Å². The van der Waals surface area contributed by atoms with Crippen LogP contribution in [0.1, 0.15) is 29.4 Å². The number of benzene rings is 1. The molecule has 0 saturated carbocycles. The Bertz CT molecular complexity index is 576. The van der Waals surface area contributed by atoms with Gasteiger partial charge in [-0.15, -0.1) is 0 Å². The maximum absolute atomic E-state index is 4.64. The molecule has 0 radical (unpaired) electrons. The lowest BCUT2D eigenvalue weighted by Crippen LogP contribution is -2.14. The van der Waals surface area contributed by atoms with Gasteiger partial charge < -0.3 is 5.32 Å². The van der Waals surface area contributed by atoms with Crippen LogP contribution in [0.4, 0.5) is 0 Å². The van der Waals surface area contributed by atoms with Crippen LogP contribution < -0.4 is 5.32 Å². The molecule has 100 valence electrons. The molecule has 0 fully saturated rings. The molecule has 0 aliphatic rings. The van der Waals surface area contributed by atoms with E-state index in [1.807, 2.05) is 12.3 Å². The summed E-state index contributed by atoms with van der Waals surface area (Å²) in [7, 11) is 0. The lowest BCUT2D eigenvalue weighted by atomic mass is 9.97. The predicted octanol–water partition coefficient (Wildman–Crippen LogP) is 3.18. The van der Waals surface area contributed by atoms with Gasteiger partial charge in [-0.3, -0.25) is 0 Å². The van der Waals surface area contributed by atoms with E-state index in [1.54, 1.807) is 0 Å². The SMILES string of the molecule is CCNCc1nccc(-c2ccc(C)c(C)c2C)n1. The third kappa shape index (κ3) is 2.99. The molecular formula is C16H21N3. The van der Waals surface area contributed by atoms with Gasteiger partial charge in [0.25, 0.3) is 0 Å². The van der Waals surface area contributed by atoms with E-state index in [0.29, 0.717) is 6.54 Å². The van der Waals surface area contributed by atoms with Crippen molar-refractivity contribution < 1.29 is 0 Å². The Morgan fingerprint density at radius 1 is 1.05 bits per heavy atom. The molecule has 1 aromatic heterocycles. The highest BCUT2D eigenvalue weighted by molar-refractivity contribution is 5.65. The monoisotopic (exact) mass is 255 g/mol. The summed E-state index contributed by atoms with van der Waals surface area (Å²) in [5, 5.41) is 3.25. The van der Waals surface area contributed by atoms with Gasteiger partial charge in [0, 0.05) is 11.8 Å². The molecule has 0 unspecified atom stereocenters. The highest BCUT2D eigenvalue weighted by Gasteiger charge is 2.08. The fraction of sp³-hybridized carbons (Fsp3) is 0.375. The summed E-state index contributed by atoms with van der Waals surface area (Å²) in [6.07, 6.45) is 1.84. The summed E-state index contributed by atoms with van der Waals surface area (Å²) in [4.78, 5) is 8.94. The molecule has 0 aliphatic heterocycles. The zero-order valence-corrected chi connectivity index (χ0v) is 12.1. The van der Waals surface area contributed by atoms with Crippen molar-refractivity contribution in [2.75, 3.05) is 6.54 Å². The van der Waals surface area contributed by atoms with Crippen molar-refractivity contribution in [3.8, 4) is 11.3 Å². The van der Waals surface area contributed by atoms with Crippen molar-refractivity contribution in [2.24, 2.45) is 0 Å². The first-order valence-corrected chi connectivity index (χ1v) is 6.73. The zero-order valence-electron chi connectivity index (χ0n) is 12.1. The van der Waals surface area contributed by atoms with Crippen LogP contribution in [0.2, 0.25) is 0 Å². The van der Waals surface area contributed by atoms with Crippen molar-refractivity contribution in [1.82, 2.24) is 15.3 Å².